The van der Waals surface area contributed by atoms with Crippen LogP contribution in [0, 0.1) is 6.92 Å². The molecule has 6 aromatic rings. The summed E-state index contributed by atoms with van der Waals surface area (Å²) < 4.78 is 3.96. The van der Waals surface area contributed by atoms with Crippen LogP contribution < -0.4 is 11.0 Å². The third kappa shape index (κ3) is 5.06. The summed E-state index contributed by atoms with van der Waals surface area (Å²) in [5, 5.41) is 7.84. The summed E-state index contributed by atoms with van der Waals surface area (Å²) >= 11 is 2.87. The number of carbonyl (C=O) groups is 1. The maximum Gasteiger partial charge on any atom is 0.267 e. The number of thiophene rings is 1. The van der Waals surface area contributed by atoms with Gasteiger partial charge in [-0.1, -0.05) is 53.7 Å². The number of fused-ring (bicyclic) bond motifs is 6. The van der Waals surface area contributed by atoms with Gasteiger partial charge in [0.2, 0.25) is 0 Å². The van der Waals surface area contributed by atoms with E-state index in [4.69, 9.17) is 4.98 Å². The third-order valence-electron chi connectivity index (χ3n) is 8.10. The van der Waals surface area contributed by atoms with E-state index in [2.05, 4.69) is 58.4 Å². The van der Waals surface area contributed by atoms with Crippen molar-refractivity contribution in [2.45, 2.75) is 51.2 Å². The highest BCUT2D eigenvalue weighted by molar-refractivity contribution is 7.99. The van der Waals surface area contributed by atoms with Crippen LogP contribution in [0.15, 0.2) is 81.8 Å². The lowest BCUT2D eigenvalue weighted by Crippen LogP contribution is -2.24. The number of para-hydroxylation sites is 1. The second-order valence-corrected chi connectivity index (χ2v) is 12.9. The molecular weight excluding hydrogens is 575 g/mol. The average molecular weight is 606 g/mol. The molecule has 0 radical (unpaired) electrons. The summed E-state index contributed by atoms with van der Waals surface area (Å²) in [6.07, 6.45) is 5.82. The molecule has 0 fully saturated rings. The van der Waals surface area contributed by atoms with Gasteiger partial charge >= 0.3 is 0 Å². The van der Waals surface area contributed by atoms with Crippen LogP contribution in [0.4, 0.5) is 0 Å². The molecule has 3 aromatic heterocycles. The van der Waals surface area contributed by atoms with E-state index in [0.29, 0.717) is 5.16 Å². The molecule has 0 spiro atoms. The predicted molar refractivity (Wildman–Crippen MR) is 178 cm³/mol. The SMILES string of the molecule is CCn1c2ccccc2c2cc(/C=N\NC(=O)CSc3nc4sc5c(c4c(=O)n3-c3ccc(C)cc3)CCCC5)ccc21. The van der Waals surface area contributed by atoms with Gasteiger partial charge in [-0.15, -0.1) is 11.3 Å². The first-order valence-electron chi connectivity index (χ1n) is 14.6. The lowest BCUT2D eigenvalue weighted by Gasteiger charge is -2.13. The first-order valence-corrected chi connectivity index (χ1v) is 16.4. The Kier molecular flexibility index (Phi) is 7.36. The molecule has 0 bridgehead atoms. The second kappa shape index (κ2) is 11.5. The van der Waals surface area contributed by atoms with Gasteiger partial charge in [-0.05, 0) is 81.0 Å². The highest BCUT2D eigenvalue weighted by atomic mass is 32.2. The Morgan fingerprint density at radius 2 is 1.84 bits per heavy atom. The van der Waals surface area contributed by atoms with Crippen molar-refractivity contribution in [2.75, 3.05) is 5.75 Å². The zero-order chi connectivity index (χ0) is 29.5. The zero-order valence-corrected chi connectivity index (χ0v) is 25.7. The van der Waals surface area contributed by atoms with Crippen molar-refractivity contribution >= 4 is 67.2 Å². The van der Waals surface area contributed by atoms with Crippen molar-refractivity contribution in [2.24, 2.45) is 5.10 Å². The second-order valence-electron chi connectivity index (χ2n) is 10.9. The van der Waals surface area contributed by atoms with Crippen LogP contribution in [-0.2, 0) is 24.2 Å². The van der Waals surface area contributed by atoms with E-state index in [1.807, 2.05) is 37.3 Å². The Morgan fingerprint density at radius 3 is 2.67 bits per heavy atom. The van der Waals surface area contributed by atoms with Gasteiger partial charge in [0.05, 0.1) is 23.0 Å². The van der Waals surface area contributed by atoms with E-state index in [1.54, 1.807) is 22.1 Å². The number of amides is 1. The number of carbonyl (C=O) groups excluding carboxylic acids is 1. The molecular formula is C34H31N5O2S2. The Hall–Kier alpha value is -4.21. The van der Waals surface area contributed by atoms with Gasteiger partial charge in [0.25, 0.3) is 11.5 Å². The van der Waals surface area contributed by atoms with Gasteiger partial charge in [0.15, 0.2) is 5.16 Å². The lowest BCUT2D eigenvalue weighted by molar-refractivity contribution is -0.118. The van der Waals surface area contributed by atoms with Crippen LogP contribution >= 0.6 is 23.1 Å². The number of aromatic nitrogens is 3. The number of thioether (sulfide) groups is 1. The minimum atomic E-state index is -0.264. The Labute approximate surface area is 257 Å². The summed E-state index contributed by atoms with van der Waals surface area (Å²) in [5.74, 6) is -0.185. The summed E-state index contributed by atoms with van der Waals surface area (Å²) in [6, 6.07) is 22.5. The molecule has 0 saturated carbocycles. The fourth-order valence-electron chi connectivity index (χ4n) is 6.04. The number of rotatable bonds is 7. The maximum atomic E-state index is 13.9. The Bertz CT molecular complexity index is 2100. The van der Waals surface area contributed by atoms with Crippen LogP contribution in [0.1, 0.15) is 41.3 Å². The van der Waals surface area contributed by atoms with Gasteiger partial charge in [-0.25, -0.2) is 10.4 Å². The minimum Gasteiger partial charge on any atom is -0.341 e. The first kappa shape index (κ1) is 27.6. The molecule has 3 aromatic carbocycles. The quantitative estimate of drug-likeness (QED) is 0.0919. The largest absolute Gasteiger partial charge is 0.341 e. The minimum absolute atomic E-state index is 0.0611. The summed E-state index contributed by atoms with van der Waals surface area (Å²) in [4.78, 5) is 33.8. The number of hydrogen-bond acceptors (Lipinski definition) is 6. The number of nitrogens with zero attached hydrogens (tertiary/aromatic N) is 4. The first-order chi connectivity index (χ1) is 21.0. The van der Waals surface area contributed by atoms with Crippen molar-refractivity contribution in [3.8, 4) is 5.69 Å². The van der Waals surface area contributed by atoms with Gasteiger partial charge in [0.1, 0.15) is 4.83 Å². The molecule has 9 heteroatoms. The van der Waals surface area contributed by atoms with Gasteiger partial charge < -0.3 is 4.57 Å². The summed E-state index contributed by atoms with van der Waals surface area (Å²) in [5.41, 5.74) is 8.90. The molecule has 0 saturated heterocycles. The van der Waals surface area contributed by atoms with E-state index >= 15 is 0 Å². The fourth-order valence-corrected chi connectivity index (χ4v) is 8.15. The zero-order valence-electron chi connectivity index (χ0n) is 24.1. The number of hydrazone groups is 1. The third-order valence-corrected chi connectivity index (χ3v) is 10.2. The van der Waals surface area contributed by atoms with Gasteiger partial charge in [-0.2, -0.15) is 5.10 Å². The molecule has 1 amide bonds. The molecule has 1 aliphatic carbocycles. The van der Waals surface area contributed by atoms with E-state index in [1.165, 1.54) is 33.1 Å². The van der Waals surface area contributed by atoms with Crippen LogP contribution in [0.25, 0.3) is 37.7 Å². The normalized spacial score (nSPS) is 13.3. The van der Waals surface area contributed by atoms with Crippen LogP contribution in [-0.4, -0.2) is 32.0 Å². The molecule has 7 nitrogen and oxygen atoms in total. The van der Waals surface area contributed by atoms with Crippen LogP contribution in [0.2, 0.25) is 0 Å². The maximum absolute atomic E-state index is 13.9. The summed E-state index contributed by atoms with van der Waals surface area (Å²) in [7, 11) is 0. The number of benzene rings is 3. The molecule has 0 aliphatic heterocycles. The smallest absolute Gasteiger partial charge is 0.267 e. The van der Waals surface area contributed by atoms with Gasteiger partial charge in [0, 0.05) is 33.2 Å². The van der Waals surface area contributed by atoms with Crippen LogP contribution in [0.5, 0.6) is 0 Å². The molecule has 0 unspecified atom stereocenters. The van der Waals surface area contributed by atoms with Crippen molar-refractivity contribution in [3.05, 3.63) is 98.7 Å². The Morgan fingerprint density at radius 1 is 1.05 bits per heavy atom. The molecule has 3 heterocycles. The van der Waals surface area contributed by atoms with Crippen molar-refractivity contribution < 1.29 is 4.79 Å². The fraction of sp³-hybridized carbons (Fsp3) is 0.235. The van der Waals surface area contributed by atoms with E-state index in [9.17, 15) is 9.59 Å². The number of hydrogen-bond donors (Lipinski definition) is 1. The van der Waals surface area contributed by atoms with Gasteiger partial charge in [-0.3, -0.25) is 14.2 Å². The molecule has 7 rings (SSSR count). The topological polar surface area (TPSA) is 81.3 Å². The summed E-state index contributed by atoms with van der Waals surface area (Å²) in [6.45, 7) is 5.06. The predicted octanol–water partition coefficient (Wildman–Crippen LogP) is 7.00. The van der Waals surface area contributed by atoms with E-state index < -0.39 is 0 Å². The lowest BCUT2D eigenvalue weighted by atomic mass is 9.97. The number of nitrogens with one attached hydrogen (secondary N) is 1. The highest BCUT2D eigenvalue weighted by Crippen LogP contribution is 2.35. The van der Waals surface area contributed by atoms with Crippen molar-refractivity contribution in [1.82, 2.24) is 19.5 Å². The standard InChI is InChI=1S/C34H31N5O2S2/c1-3-38-27-10-6-4-8-24(27)26-18-22(14-17-28(26)38)19-35-37-30(40)20-42-34-36-32-31(25-9-5-7-11-29(25)43-32)33(41)39(34)23-15-12-21(2)13-16-23/h4,6,8,10,12-19H,3,5,7,9,11,20H2,1-2H3,(H,37,40)/b35-19-. The number of aryl methyl sites for hydroxylation is 4. The van der Waals surface area contributed by atoms with Crippen molar-refractivity contribution in [3.63, 3.8) is 0 Å². The van der Waals surface area contributed by atoms with Crippen molar-refractivity contribution in [1.29, 1.82) is 0 Å². The monoisotopic (exact) mass is 605 g/mol. The Balaban J connectivity index is 1.13. The highest BCUT2D eigenvalue weighted by Gasteiger charge is 2.23. The molecule has 1 aliphatic rings. The molecule has 1 N–H and O–H groups in total. The van der Waals surface area contributed by atoms with E-state index in [0.717, 1.165) is 70.2 Å². The molecule has 216 valence electrons. The van der Waals surface area contributed by atoms with Crippen LogP contribution in [0.3, 0.4) is 0 Å². The molecule has 0 atom stereocenters. The average Bonchev–Trinajstić information content (AvgIpc) is 3.56. The molecule has 43 heavy (non-hydrogen) atoms. The van der Waals surface area contributed by atoms with E-state index in [-0.39, 0.29) is 17.2 Å².